The maximum Gasteiger partial charge on any atom is 0.145 e. The van der Waals surface area contributed by atoms with Crippen LogP contribution < -0.4 is 5.32 Å². The third-order valence-corrected chi connectivity index (χ3v) is 1.80. The van der Waals surface area contributed by atoms with Crippen molar-refractivity contribution >= 4 is 6.29 Å². The van der Waals surface area contributed by atoms with Crippen LogP contribution in [0.15, 0.2) is 0 Å². The lowest BCUT2D eigenvalue weighted by Gasteiger charge is -2.06. The van der Waals surface area contributed by atoms with E-state index in [1.54, 1.807) is 0 Å². The molecule has 0 aliphatic heterocycles. The summed E-state index contributed by atoms with van der Waals surface area (Å²) in [4.78, 5) is 9.90. The first-order valence-corrected chi connectivity index (χ1v) is 5.81. The minimum atomic E-state index is 0.129. The number of carbonyl (C=O) groups is 1. The number of carbonyl (C=O) groups excluding carboxylic acids is 1. The van der Waals surface area contributed by atoms with Gasteiger partial charge in [0.1, 0.15) is 12.9 Å². The van der Waals surface area contributed by atoms with Crippen molar-refractivity contribution in [1.29, 1.82) is 0 Å². The van der Waals surface area contributed by atoms with Crippen LogP contribution in [-0.2, 0) is 23.7 Å². The fourth-order valence-electron chi connectivity index (χ4n) is 0.965. The summed E-state index contributed by atoms with van der Waals surface area (Å²) in [5, 5.41) is 2.99. The van der Waals surface area contributed by atoms with Gasteiger partial charge >= 0.3 is 0 Å². The monoisotopic (exact) mass is 249 g/mol. The van der Waals surface area contributed by atoms with E-state index in [1.165, 1.54) is 0 Å². The minimum Gasteiger partial charge on any atom is -0.378 e. The predicted octanol–water partition coefficient (Wildman–Crippen LogP) is -0.529. The van der Waals surface area contributed by atoms with Crippen LogP contribution in [0.2, 0.25) is 0 Å². The molecule has 0 aromatic carbocycles. The molecule has 0 aliphatic rings. The standard InChI is InChI=1S/C11H23NO5/c1-12-2-4-14-6-8-16-10-11-17-9-7-15-5-3-13/h3,12H,2,4-11H2,1H3. The molecular weight excluding hydrogens is 226 g/mol. The van der Waals surface area contributed by atoms with E-state index in [2.05, 4.69) is 5.32 Å². The molecule has 0 radical (unpaired) electrons. The molecule has 0 saturated carbocycles. The molecule has 6 heteroatoms. The zero-order valence-corrected chi connectivity index (χ0v) is 10.5. The molecule has 0 saturated heterocycles. The summed E-state index contributed by atoms with van der Waals surface area (Å²) in [5.74, 6) is 0. The number of ether oxygens (including phenoxy) is 4. The van der Waals surface area contributed by atoms with E-state index in [1.807, 2.05) is 7.05 Å². The largest absolute Gasteiger partial charge is 0.378 e. The third-order valence-electron chi connectivity index (χ3n) is 1.80. The van der Waals surface area contributed by atoms with Gasteiger partial charge in [-0.2, -0.15) is 0 Å². The van der Waals surface area contributed by atoms with Crippen LogP contribution in [0, 0.1) is 0 Å². The Kier molecular flexibility index (Phi) is 15.0. The minimum absolute atomic E-state index is 0.129. The lowest BCUT2D eigenvalue weighted by atomic mass is 10.6. The van der Waals surface area contributed by atoms with Gasteiger partial charge in [0.25, 0.3) is 0 Å². The molecule has 0 aromatic rings. The van der Waals surface area contributed by atoms with Gasteiger partial charge in [-0.25, -0.2) is 0 Å². The second-order valence-electron chi connectivity index (χ2n) is 3.18. The van der Waals surface area contributed by atoms with Gasteiger partial charge < -0.3 is 29.1 Å². The fraction of sp³-hybridized carbons (Fsp3) is 0.909. The van der Waals surface area contributed by atoms with Gasteiger partial charge in [0.15, 0.2) is 0 Å². The van der Waals surface area contributed by atoms with Crippen molar-refractivity contribution in [2.24, 2.45) is 0 Å². The number of aldehydes is 1. The van der Waals surface area contributed by atoms with E-state index in [-0.39, 0.29) is 6.61 Å². The zero-order chi connectivity index (χ0) is 12.6. The third kappa shape index (κ3) is 15.5. The lowest BCUT2D eigenvalue weighted by Crippen LogP contribution is -2.17. The van der Waals surface area contributed by atoms with Crippen LogP contribution in [0.25, 0.3) is 0 Å². The molecule has 0 spiro atoms. The lowest BCUT2D eigenvalue weighted by molar-refractivity contribution is -0.112. The summed E-state index contributed by atoms with van der Waals surface area (Å²) >= 11 is 0. The van der Waals surface area contributed by atoms with Crippen LogP contribution in [0.1, 0.15) is 0 Å². The van der Waals surface area contributed by atoms with Crippen LogP contribution in [0.5, 0.6) is 0 Å². The topological polar surface area (TPSA) is 66.0 Å². The summed E-state index contributed by atoms with van der Waals surface area (Å²) in [6.45, 7) is 4.85. The first kappa shape index (κ1) is 16.5. The Morgan fingerprint density at radius 3 is 1.76 bits per heavy atom. The molecule has 0 amide bonds. The van der Waals surface area contributed by atoms with E-state index in [0.29, 0.717) is 46.2 Å². The van der Waals surface area contributed by atoms with Crippen LogP contribution in [0.4, 0.5) is 0 Å². The summed E-state index contributed by atoms with van der Waals surface area (Å²) in [7, 11) is 1.88. The highest BCUT2D eigenvalue weighted by atomic mass is 16.6. The van der Waals surface area contributed by atoms with Crippen molar-refractivity contribution in [3.05, 3.63) is 0 Å². The van der Waals surface area contributed by atoms with E-state index in [9.17, 15) is 4.79 Å². The van der Waals surface area contributed by atoms with E-state index >= 15 is 0 Å². The molecular formula is C11H23NO5. The fourth-order valence-corrected chi connectivity index (χ4v) is 0.965. The number of rotatable bonds is 14. The van der Waals surface area contributed by atoms with Crippen molar-refractivity contribution in [3.63, 3.8) is 0 Å². The van der Waals surface area contributed by atoms with Gasteiger partial charge in [0, 0.05) is 6.54 Å². The highest BCUT2D eigenvalue weighted by Gasteiger charge is 1.91. The Bertz CT molecular complexity index is 157. The smallest absolute Gasteiger partial charge is 0.145 e. The predicted molar refractivity (Wildman–Crippen MR) is 63.3 cm³/mol. The molecule has 102 valence electrons. The maximum atomic E-state index is 9.90. The van der Waals surface area contributed by atoms with Crippen molar-refractivity contribution in [2.45, 2.75) is 0 Å². The van der Waals surface area contributed by atoms with Crippen LogP contribution in [0.3, 0.4) is 0 Å². The molecule has 0 rings (SSSR count). The van der Waals surface area contributed by atoms with Crippen LogP contribution >= 0.6 is 0 Å². The molecule has 17 heavy (non-hydrogen) atoms. The average Bonchev–Trinajstić information content (AvgIpc) is 2.35. The van der Waals surface area contributed by atoms with Gasteiger partial charge in [0.2, 0.25) is 0 Å². The zero-order valence-electron chi connectivity index (χ0n) is 10.5. The Labute approximate surface area is 103 Å². The molecule has 0 fully saturated rings. The number of hydrogen-bond acceptors (Lipinski definition) is 6. The molecule has 0 atom stereocenters. The highest BCUT2D eigenvalue weighted by Crippen LogP contribution is 1.82. The van der Waals surface area contributed by atoms with E-state index in [4.69, 9.17) is 18.9 Å². The Hall–Kier alpha value is -0.530. The van der Waals surface area contributed by atoms with Crippen LogP contribution in [-0.4, -0.2) is 72.7 Å². The SMILES string of the molecule is CNCCOCCOCCOCCOCC=O. The molecule has 0 aliphatic carbocycles. The quantitative estimate of drug-likeness (QED) is 0.330. The molecule has 0 bridgehead atoms. The number of likely N-dealkylation sites (N-methyl/N-ethyl adjacent to an activating group) is 1. The molecule has 0 unspecified atom stereocenters. The average molecular weight is 249 g/mol. The van der Waals surface area contributed by atoms with Gasteiger partial charge in [-0.05, 0) is 7.05 Å². The molecule has 0 heterocycles. The second-order valence-corrected chi connectivity index (χ2v) is 3.18. The Morgan fingerprint density at radius 2 is 1.29 bits per heavy atom. The highest BCUT2D eigenvalue weighted by molar-refractivity contribution is 5.50. The first-order chi connectivity index (χ1) is 8.41. The number of nitrogens with one attached hydrogen (secondary N) is 1. The van der Waals surface area contributed by atoms with Gasteiger partial charge in [-0.3, -0.25) is 0 Å². The summed E-state index contributed by atoms with van der Waals surface area (Å²) in [5.41, 5.74) is 0. The second kappa shape index (κ2) is 15.5. The molecule has 0 aromatic heterocycles. The summed E-state index contributed by atoms with van der Waals surface area (Å²) in [6, 6.07) is 0. The molecule has 6 nitrogen and oxygen atoms in total. The Morgan fingerprint density at radius 1 is 0.824 bits per heavy atom. The van der Waals surface area contributed by atoms with Gasteiger partial charge in [-0.1, -0.05) is 0 Å². The van der Waals surface area contributed by atoms with Crippen molar-refractivity contribution < 1.29 is 23.7 Å². The van der Waals surface area contributed by atoms with E-state index in [0.717, 1.165) is 12.8 Å². The van der Waals surface area contributed by atoms with Crippen molar-refractivity contribution in [3.8, 4) is 0 Å². The van der Waals surface area contributed by atoms with Gasteiger partial charge in [-0.15, -0.1) is 0 Å². The van der Waals surface area contributed by atoms with Gasteiger partial charge in [0.05, 0.1) is 46.2 Å². The Balaban J connectivity index is 2.87. The summed E-state index contributed by atoms with van der Waals surface area (Å²) in [6.07, 6.45) is 0.719. The van der Waals surface area contributed by atoms with E-state index < -0.39 is 0 Å². The number of hydrogen-bond donors (Lipinski definition) is 1. The van der Waals surface area contributed by atoms with Crippen molar-refractivity contribution in [1.82, 2.24) is 5.32 Å². The first-order valence-electron chi connectivity index (χ1n) is 5.81. The maximum absolute atomic E-state index is 9.90. The summed E-state index contributed by atoms with van der Waals surface area (Å²) < 4.78 is 20.7. The van der Waals surface area contributed by atoms with Crippen molar-refractivity contribution in [2.75, 3.05) is 66.4 Å². The molecule has 1 N–H and O–H groups in total. The normalized spacial score (nSPS) is 10.6.